The minimum absolute atomic E-state index is 0.0234. The fourth-order valence-corrected chi connectivity index (χ4v) is 1.71. The highest BCUT2D eigenvalue weighted by Crippen LogP contribution is 2.17. The highest BCUT2D eigenvalue weighted by Gasteiger charge is 2.15. The number of aryl methyl sites for hydroxylation is 1. The summed E-state index contributed by atoms with van der Waals surface area (Å²) < 4.78 is 0. The quantitative estimate of drug-likeness (QED) is 0.851. The van der Waals surface area contributed by atoms with E-state index >= 15 is 0 Å². The number of hydrogen-bond acceptors (Lipinski definition) is 3. The first kappa shape index (κ1) is 13.5. The summed E-state index contributed by atoms with van der Waals surface area (Å²) in [5.41, 5.74) is 2.43. The van der Waals surface area contributed by atoms with Gasteiger partial charge in [-0.2, -0.15) is 0 Å². The number of amides is 1. The Bertz CT molecular complexity index is 390. The van der Waals surface area contributed by atoms with Crippen molar-refractivity contribution in [3.63, 3.8) is 0 Å². The highest BCUT2D eigenvalue weighted by molar-refractivity contribution is 5.99. The van der Waals surface area contributed by atoms with Crippen molar-refractivity contribution in [3.05, 3.63) is 23.5 Å². The maximum absolute atomic E-state index is 12.2. The van der Waals surface area contributed by atoms with Gasteiger partial charge in [0.25, 0.3) is 5.91 Å². The number of carbonyl (C=O) groups excluding carboxylic acids is 1. The molecule has 1 rings (SSSR count). The third kappa shape index (κ3) is 3.44. The second kappa shape index (κ2) is 6.23. The highest BCUT2D eigenvalue weighted by atomic mass is 16.2. The molecule has 0 saturated carbocycles. The van der Waals surface area contributed by atoms with Gasteiger partial charge in [-0.1, -0.05) is 6.92 Å². The van der Waals surface area contributed by atoms with E-state index in [0.717, 1.165) is 30.9 Å². The summed E-state index contributed by atoms with van der Waals surface area (Å²) in [6.07, 6.45) is 2.61. The van der Waals surface area contributed by atoms with Crippen LogP contribution in [0.15, 0.2) is 12.3 Å². The van der Waals surface area contributed by atoms with E-state index in [2.05, 4.69) is 17.2 Å². The van der Waals surface area contributed by atoms with E-state index in [9.17, 15) is 4.79 Å². The molecule has 0 radical (unpaired) electrons. The van der Waals surface area contributed by atoms with Crippen LogP contribution < -0.4 is 5.32 Å². The molecule has 0 aliphatic rings. The summed E-state index contributed by atoms with van der Waals surface area (Å²) in [5, 5.41) is 3.21. The lowest BCUT2D eigenvalue weighted by atomic mass is 10.2. The van der Waals surface area contributed by atoms with Crippen LogP contribution in [0.5, 0.6) is 0 Å². The van der Waals surface area contributed by atoms with E-state index in [0.29, 0.717) is 5.56 Å². The van der Waals surface area contributed by atoms with Crippen molar-refractivity contribution >= 4 is 11.6 Å². The Morgan fingerprint density at radius 3 is 2.76 bits per heavy atom. The number of pyridine rings is 1. The molecule has 0 saturated heterocycles. The zero-order valence-corrected chi connectivity index (χ0v) is 11.1. The molecule has 94 valence electrons. The van der Waals surface area contributed by atoms with Gasteiger partial charge < -0.3 is 10.2 Å². The van der Waals surface area contributed by atoms with E-state index in [4.69, 9.17) is 0 Å². The topological polar surface area (TPSA) is 45.2 Å². The van der Waals surface area contributed by atoms with Gasteiger partial charge in [0, 0.05) is 32.0 Å². The van der Waals surface area contributed by atoms with Crippen LogP contribution in [0.4, 0.5) is 5.69 Å². The first-order valence-electron chi connectivity index (χ1n) is 6.06. The number of nitrogens with one attached hydrogen (secondary N) is 1. The normalized spacial score (nSPS) is 10.1. The number of rotatable bonds is 5. The van der Waals surface area contributed by atoms with Crippen LogP contribution in [0, 0.1) is 6.92 Å². The van der Waals surface area contributed by atoms with Gasteiger partial charge in [0.05, 0.1) is 11.3 Å². The molecule has 0 bridgehead atoms. The van der Waals surface area contributed by atoms with Crippen molar-refractivity contribution in [3.8, 4) is 0 Å². The fraction of sp³-hybridized carbons (Fsp3) is 0.538. The Morgan fingerprint density at radius 2 is 2.18 bits per heavy atom. The standard InChI is InChI=1S/C13H21N3O/c1-5-7-16(4)13(17)11-9-15-10(3)8-12(11)14-6-2/h8-9H,5-7H2,1-4H3,(H,14,15). The maximum atomic E-state index is 12.2. The van der Waals surface area contributed by atoms with E-state index in [1.54, 1.807) is 11.1 Å². The third-order valence-electron chi connectivity index (χ3n) is 2.54. The SMILES string of the molecule is CCCN(C)C(=O)c1cnc(C)cc1NCC. The van der Waals surface area contributed by atoms with Gasteiger partial charge in [-0.3, -0.25) is 9.78 Å². The van der Waals surface area contributed by atoms with Crippen LogP contribution in [0.2, 0.25) is 0 Å². The summed E-state index contributed by atoms with van der Waals surface area (Å²) in [4.78, 5) is 18.1. The lowest BCUT2D eigenvalue weighted by molar-refractivity contribution is 0.0795. The number of aromatic nitrogens is 1. The van der Waals surface area contributed by atoms with Crippen LogP contribution in [0.3, 0.4) is 0 Å². The van der Waals surface area contributed by atoms with Gasteiger partial charge in [-0.15, -0.1) is 0 Å². The van der Waals surface area contributed by atoms with Gasteiger partial charge in [-0.05, 0) is 26.3 Å². The van der Waals surface area contributed by atoms with Crippen LogP contribution in [0.25, 0.3) is 0 Å². The lowest BCUT2D eigenvalue weighted by Crippen LogP contribution is -2.28. The number of hydrogen-bond donors (Lipinski definition) is 1. The molecule has 4 heteroatoms. The van der Waals surface area contributed by atoms with Crippen molar-refractivity contribution in [1.29, 1.82) is 0 Å². The maximum Gasteiger partial charge on any atom is 0.257 e. The zero-order valence-electron chi connectivity index (χ0n) is 11.1. The fourth-order valence-electron chi connectivity index (χ4n) is 1.71. The molecular formula is C13H21N3O. The average molecular weight is 235 g/mol. The van der Waals surface area contributed by atoms with Crippen molar-refractivity contribution in [1.82, 2.24) is 9.88 Å². The molecule has 17 heavy (non-hydrogen) atoms. The molecule has 1 amide bonds. The minimum atomic E-state index is 0.0234. The molecule has 0 fully saturated rings. The lowest BCUT2D eigenvalue weighted by Gasteiger charge is -2.18. The van der Waals surface area contributed by atoms with Gasteiger partial charge >= 0.3 is 0 Å². The summed E-state index contributed by atoms with van der Waals surface area (Å²) in [5.74, 6) is 0.0234. The van der Waals surface area contributed by atoms with Gasteiger partial charge in [0.1, 0.15) is 0 Å². The van der Waals surface area contributed by atoms with Gasteiger partial charge in [0.2, 0.25) is 0 Å². The zero-order chi connectivity index (χ0) is 12.8. The molecule has 0 aromatic carbocycles. The number of anilines is 1. The molecule has 1 N–H and O–H groups in total. The van der Waals surface area contributed by atoms with Crippen LogP contribution in [0.1, 0.15) is 36.3 Å². The van der Waals surface area contributed by atoms with Gasteiger partial charge in [-0.25, -0.2) is 0 Å². The van der Waals surface area contributed by atoms with E-state index < -0.39 is 0 Å². The smallest absolute Gasteiger partial charge is 0.257 e. The molecule has 4 nitrogen and oxygen atoms in total. The molecule has 1 aromatic heterocycles. The monoisotopic (exact) mass is 235 g/mol. The first-order valence-corrected chi connectivity index (χ1v) is 6.06. The van der Waals surface area contributed by atoms with Crippen molar-refractivity contribution in [2.24, 2.45) is 0 Å². The predicted octanol–water partition coefficient (Wildman–Crippen LogP) is 2.30. The Hall–Kier alpha value is -1.58. The molecule has 0 spiro atoms. The number of nitrogens with zero attached hydrogens (tertiary/aromatic N) is 2. The van der Waals surface area contributed by atoms with E-state index in [1.807, 2.05) is 27.0 Å². The van der Waals surface area contributed by atoms with Crippen LogP contribution in [-0.2, 0) is 0 Å². The van der Waals surface area contributed by atoms with Crippen LogP contribution >= 0.6 is 0 Å². The first-order chi connectivity index (χ1) is 8.10. The van der Waals surface area contributed by atoms with E-state index in [1.165, 1.54) is 0 Å². The molecule has 1 aromatic rings. The molecular weight excluding hydrogens is 214 g/mol. The second-order valence-electron chi connectivity index (χ2n) is 4.13. The van der Waals surface area contributed by atoms with Crippen molar-refractivity contribution < 1.29 is 4.79 Å². The third-order valence-corrected chi connectivity index (χ3v) is 2.54. The summed E-state index contributed by atoms with van der Waals surface area (Å²) in [7, 11) is 1.82. The summed E-state index contributed by atoms with van der Waals surface area (Å²) in [6, 6.07) is 1.91. The van der Waals surface area contributed by atoms with Crippen LogP contribution in [-0.4, -0.2) is 35.9 Å². The minimum Gasteiger partial charge on any atom is -0.385 e. The summed E-state index contributed by atoms with van der Waals surface area (Å²) >= 11 is 0. The van der Waals surface area contributed by atoms with E-state index in [-0.39, 0.29) is 5.91 Å². The Balaban J connectivity index is 2.99. The number of carbonyl (C=O) groups is 1. The largest absolute Gasteiger partial charge is 0.385 e. The molecule has 0 atom stereocenters. The van der Waals surface area contributed by atoms with Crippen molar-refractivity contribution in [2.45, 2.75) is 27.2 Å². The Kier molecular flexibility index (Phi) is 4.94. The molecule has 0 aliphatic carbocycles. The predicted molar refractivity (Wildman–Crippen MR) is 70.4 cm³/mol. The van der Waals surface area contributed by atoms with Crippen molar-refractivity contribution in [2.75, 3.05) is 25.5 Å². The Morgan fingerprint density at radius 1 is 1.47 bits per heavy atom. The second-order valence-corrected chi connectivity index (χ2v) is 4.13. The summed E-state index contributed by atoms with van der Waals surface area (Å²) in [6.45, 7) is 7.55. The molecule has 0 unspecified atom stereocenters. The van der Waals surface area contributed by atoms with Gasteiger partial charge in [0.15, 0.2) is 0 Å². The average Bonchev–Trinajstić information content (AvgIpc) is 2.29. The Labute approximate surface area is 103 Å². The molecule has 1 heterocycles. The molecule has 0 aliphatic heterocycles.